The molecule has 0 aliphatic heterocycles. The van der Waals surface area contributed by atoms with E-state index in [2.05, 4.69) is 21.2 Å². The normalized spacial score (nSPS) is 11.2. The summed E-state index contributed by atoms with van der Waals surface area (Å²) < 4.78 is 26.4. The van der Waals surface area contributed by atoms with Crippen molar-refractivity contribution in [2.45, 2.75) is 19.4 Å². The molecule has 0 aliphatic rings. The second-order valence-corrected chi connectivity index (χ2v) is 8.15. The van der Waals surface area contributed by atoms with Crippen LogP contribution in [-0.2, 0) is 4.79 Å². The molecule has 12 heteroatoms. The molecule has 1 aromatic heterocycles. The van der Waals surface area contributed by atoms with Gasteiger partial charge in [0.15, 0.2) is 11.6 Å². The van der Waals surface area contributed by atoms with Gasteiger partial charge in [-0.3, -0.25) is 30.8 Å². The summed E-state index contributed by atoms with van der Waals surface area (Å²) >= 11 is 6.00. The molecule has 10 nitrogen and oxygen atoms in total. The number of nitrogens with two attached hydrogens (primary N) is 1. The van der Waals surface area contributed by atoms with Crippen molar-refractivity contribution < 1.29 is 23.5 Å². The van der Waals surface area contributed by atoms with E-state index in [4.69, 9.17) is 32.2 Å². The molecular weight excluding hydrogens is 503 g/mol. The highest BCUT2D eigenvalue weighted by molar-refractivity contribution is 6.33. The zero-order valence-corrected chi connectivity index (χ0v) is 20.9. The average Bonchev–Trinajstić information content (AvgIpc) is 2.90. The van der Waals surface area contributed by atoms with Gasteiger partial charge in [0.1, 0.15) is 17.6 Å². The SMILES string of the molecule is CCCOc1cc(OC)cc(C(Nc2ccc(C(=N)N)cc2)C(=O)NNC(=O)c2ccncc2Cl)c1F. The van der Waals surface area contributed by atoms with E-state index < -0.39 is 23.7 Å². The highest BCUT2D eigenvalue weighted by Gasteiger charge is 2.28. The Kier molecular flexibility index (Phi) is 9.22. The number of hydrazine groups is 1. The number of benzene rings is 2. The van der Waals surface area contributed by atoms with Crippen molar-refractivity contribution in [3.63, 3.8) is 0 Å². The van der Waals surface area contributed by atoms with Crippen molar-refractivity contribution in [3.8, 4) is 11.5 Å². The summed E-state index contributed by atoms with van der Waals surface area (Å²) in [6.45, 7) is 2.13. The molecule has 0 bridgehead atoms. The number of ether oxygens (including phenoxy) is 2. The van der Waals surface area contributed by atoms with Gasteiger partial charge in [0.2, 0.25) is 0 Å². The lowest BCUT2D eigenvalue weighted by Gasteiger charge is -2.22. The molecule has 1 atom stereocenters. The number of nitrogens with one attached hydrogen (secondary N) is 4. The molecule has 1 heterocycles. The molecule has 0 fully saturated rings. The van der Waals surface area contributed by atoms with Crippen LogP contribution in [0.25, 0.3) is 0 Å². The third kappa shape index (κ3) is 6.85. The van der Waals surface area contributed by atoms with Gasteiger partial charge in [-0.25, -0.2) is 4.39 Å². The van der Waals surface area contributed by atoms with Crippen LogP contribution in [0.4, 0.5) is 10.1 Å². The highest BCUT2D eigenvalue weighted by atomic mass is 35.5. The number of nitrogens with zero attached hydrogens (tertiary/aromatic N) is 1. The largest absolute Gasteiger partial charge is 0.497 e. The van der Waals surface area contributed by atoms with Crippen LogP contribution in [0, 0.1) is 11.2 Å². The standard InChI is InChI=1S/C25H26ClFN6O4/c1-3-10-37-20-12-16(36-2)11-18(21(20)27)22(31-15-6-4-14(5-7-15)23(28)29)25(35)33-32-24(34)17-8-9-30-13-19(17)26/h4-9,11-13,22,31H,3,10H2,1-2H3,(H3,28,29)(H,32,34)(H,33,35). The van der Waals surface area contributed by atoms with Crippen molar-refractivity contribution in [3.05, 3.63) is 82.4 Å². The van der Waals surface area contributed by atoms with E-state index in [1.54, 1.807) is 24.3 Å². The second kappa shape index (κ2) is 12.5. The van der Waals surface area contributed by atoms with Crippen molar-refractivity contribution >= 4 is 34.9 Å². The van der Waals surface area contributed by atoms with E-state index >= 15 is 4.39 Å². The van der Waals surface area contributed by atoms with Crippen molar-refractivity contribution in [1.29, 1.82) is 5.41 Å². The molecule has 1 unspecified atom stereocenters. The third-order valence-corrected chi connectivity index (χ3v) is 5.44. The predicted octanol–water partition coefficient (Wildman–Crippen LogP) is 3.57. The summed E-state index contributed by atoms with van der Waals surface area (Å²) in [7, 11) is 1.41. The number of aromatic nitrogens is 1. The first-order chi connectivity index (χ1) is 17.7. The van der Waals surface area contributed by atoms with E-state index in [1.165, 1.54) is 37.7 Å². The maximum Gasteiger partial charge on any atom is 0.271 e. The Bertz CT molecular complexity index is 1290. The number of hydrogen-bond donors (Lipinski definition) is 5. The Morgan fingerprint density at radius 1 is 1.19 bits per heavy atom. The smallest absolute Gasteiger partial charge is 0.271 e. The minimum Gasteiger partial charge on any atom is -0.497 e. The van der Waals surface area contributed by atoms with E-state index in [0.29, 0.717) is 17.7 Å². The second-order valence-electron chi connectivity index (χ2n) is 7.74. The van der Waals surface area contributed by atoms with Crippen molar-refractivity contribution in [1.82, 2.24) is 15.8 Å². The monoisotopic (exact) mass is 528 g/mol. The highest BCUT2D eigenvalue weighted by Crippen LogP contribution is 2.33. The number of anilines is 1. The maximum absolute atomic E-state index is 15.6. The third-order valence-electron chi connectivity index (χ3n) is 5.13. The fraction of sp³-hybridized carbons (Fsp3) is 0.200. The number of nitrogen functional groups attached to an aromatic ring is 1. The summed E-state index contributed by atoms with van der Waals surface area (Å²) in [5, 5.41) is 10.6. The first-order valence-corrected chi connectivity index (χ1v) is 11.5. The number of hydrogen-bond acceptors (Lipinski definition) is 7. The Morgan fingerprint density at radius 3 is 2.54 bits per heavy atom. The fourth-order valence-electron chi connectivity index (χ4n) is 3.25. The fourth-order valence-corrected chi connectivity index (χ4v) is 3.46. The number of rotatable bonds is 10. The van der Waals surface area contributed by atoms with Gasteiger partial charge in [-0.15, -0.1) is 0 Å². The minimum absolute atomic E-state index is 0.0871. The van der Waals surface area contributed by atoms with Gasteiger partial charge >= 0.3 is 0 Å². The van der Waals surface area contributed by atoms with Gasteiger partial charge in [0.25, 0.3) is 11.8 Å². The number of amidine groups is 1. The van der Waals surface area contributed by atoms with Crippen LogP contribution in [0.5, 0.6) is 11.5 Å². The van der Waals surface area contributed by atoms with E-state index in [-0.39, 0.29) is 40.1 Å². The Labute approximate surface area is 217 Å². The molecule has 0 saturated carbocycles. The molecule has 0 spiro atoms. The van der Waals surface area contributed by atoms with Crippen LogP contribution in [0.1, 0.15) is 40.9 Å². The number of halogens is 2. The molecule has 0 saturated heterocycles. The van der Waals surface area contributed by atoms with Gasteiger partial charge in [-0.2, -0.15) is 0 Å². The minimum atomic E-state index is -1.34. The molecule has 2 amide bonds. The molecule has 6 N–H and O–H groups in total. The van der Waals surface area contributed by atoms with Crippen LogP contribution in [-0.4, -0.2) is 36.4 Å². The lowest BCUT2D eigenvalue weighted by Crippen LogP contribution is -2.45. The topological polar surface area (TPSA) is 151 Å². The van der Waals surface area contributed by atoms with Crippen LogP contribution in [0.15, 0.2) is 54.9 Å². The van der Waals surface area contributed by atoms with Crippen molar-refractivity contribution in [2.24, 2.45) is 5.73 Å². The first-order valence-electron chi connectivity index (χ1n) is 11.2. The summed E-state index contributed by atoms with van der Waals surface area (Å²) in [4.78, 5) is 29.6. The number of methoxy groups -OCH3 is 1. The summed E-state index contributed by atoms with van der Waals surface area (Å²) in [6, 6.07) is 9.10. The average molecular weight is 529 g/mol. The van der Waals surface area contributed by atoms with Gasteiger partial charge in [-0.05, 0) is 42.8 Å². The molecule has 3 aromatic rings. The number of pyridine rings is 1. The lowest BCUT2D eigenvalue weighted by atomic mass is 10.0. The summed E-state index contributed by atoms with van der Waals surface area (Å²) in [6.07, 6.45) is 3.30. The van der Waals surface area contributed by atoms with E-state index in [1.807, 2.05) is 6.92 Å². The zero-order chi connectivity index (χ0) is 26.9. The Morgan fingerprint density at radius 2 is 1.92 bits per heavy atom. The number of carbonyl (C=O) groups excluding carboxylic acids is 2. The van der Waals surface area contributed by atoms with E-state index in [0.717, 1.165) is 0 Å². The first kappa shape index (κ1) is 27.2. The van der Waals surface area contributed by atoms with Crippen LogP contribution in [0.3, 0.4) is 0 Å². The predicted molar refractivity (Wildman–Crippen MR) is 137 cm³/mol. The van der Waals surface area contributed by atoms with Gasteiger partial charge in [0, 0.05) is 35.3 Å². The molecule has 3 rings (SSSR count). The number of carbonyl (C=O) groups is 2. The van der Waals surface area contributed by atoms with Crippen LogP contribution in [0.2, 0.25) is 5.02 Å². The summed E-state index contributed by atoms with van der Waals surface area (Å²) in [5.41, 5.74) is 11.0. The van der Waals surface area contributed by atoms with Crippen LogP contribution >= 0.6 is 11.6 Å². The van der Waals surface area contributed by atoms with Gasteiger partial charge in [-0.1, -0.05) is 18.5 Å². The molecular formula is C25H26ClFN6O4. The maximum atomic E-state index is 15.6. The van der Waals surface area contributed by atoms with Gasteiger partial charge in [0.05, 0.1) is 24.3 Å². The lowest BCUT2D eigenvalue weighted by molar-refractivity contribution is -0.122. The zero-order valence-electron chi connectivity index (χ0n) is 20.1. The molecule has 2 aromatic carbocycles. The molecule has 194 valence electrons. The molecule has 0 radical (unpaired) electrons. The van der Waals surface area contributed by atoms with Crippen molar-refractivity contribution in [2.75, 3.05) is 19.0 Å². The number of amides is 2. The quantitative estimate of drug-likeness (QED) is 0.153. The van der Waals surface area contributed by atoms with Gasteiger partial charge < -0.3 is 20.5 Å². The summed E-state index contributed by atoms with van der Waals surface area (Å²) in [5.74, 6) is -2.20. The molecule has 37 heavy (non-hydrogen) atoms. The Balaban J connectivity index is 1.95. The van der Waals surface area contributed by atoms with E-state index in [9.17, 15) is 9.59 Å². The molecule has 0 aliphatic carbocycles. The Hall–Kier alpha value is -4.38. The van der Waals surface area contributed by atoms with Crippen LogP contribution < -0.4 is 31.4 Å².